The van der Waals surface area contributed by atoms with E-state index < -0.39 is 0 Å². The summed E-state index contributed by atoms with van der Waals surface area (Å²) in [5, 5.41) is 2.63. The van der Waals surface area contributed by atoms with Gasteiger partial charge in [0, 0.05) is 12.2 Å². The van der Waals surface area contributed by atoms with Gasteiger partial charge in [-0.3, -0.25) is 9.69 Å². The Kier molecular flexibility index (Phi) is 4.91. The van der Waals surface area contributed by atoms with Crippen LogP contribution in [0.4, 0.5) is 10.5 Å². The molecule has 2 rings (SSSR count). The molecular weight excluding hydrogens is 262 g/mol. The molecule has 0 bridgehead atoms. The second-order valence-electron chi connectivity index (χ2n) is 4.30. The lowest BCUT2D eigenvalue weighted by Gasteiger charge is -2.13. The predicted molar refractivity (Wildman–Crippen MR) is 71.8 cm³/mol. The molecule has 0 saturated carbocycles. The molecular formula is C13H17N3O4. The summed E-state index contributed by atoms with van der Waals surface area (Å²) in [6.45, 7) is 1.51. The average molecular weight is 279 g/mol. The number of nitrogens with zero attached hydrogens (tertiary/aromatic N) is 1. The summed E-state index contributed by atoms with van der Waals surface area (Å²) in [6.07, 6.45) is -0.386. The largest absolute Gasteiger partial charge is 0.444 e. The molecule has 20 heavy (non-hydrogen) atoms. The highest BCUT2D eigenvalue weighted by atomic mass is 16.6. The van der Waals surface area contributed by atoms with Crippen molar-refractivity contribution in [1.29, 1.82) is 0 Å². The third kappa shape index (κ3) is 3.94. The minimum atomic E-state index is -0.386. The van der Waals surface area contributed by atoms with Crippen LogP contribution in [0.25, 0.3) is 0 Å². The fraction of sp³-hybridized carbons (Fsp3) is 0.385. The Hall–Kier alpha value is -2.12. The topological polar surface area (TPSA) is 93.9 Å². The number of nitrogens with two attached hydrogens (primary N) is 1. The first-order valence-electron chi connectivity index (χ1n) is 6.27. The molecule has 3 N–H and O–H groups in total. The number of anilines is 1. The number of rotatable bonds is 4. The molecule has 1 fully saturated rings. The molecule has 0 unspecified atom stereocenters. The molecule has 7 heteroatoms. The van der Waals surface area contributed by atoms with E-state index in [4.69, 9.17) is 15.2 Å². The molecule has 7 nitrogen and oxygen atoms in total. The van der Waals surface area contributed by atoms with Crippen LogP contribution in [-0.4, -0.2) is 43.3 Å². The Morgan fingerprint density at radius 2 is 2.10 bits per heavy atom. The van der Waals surface area contributed by atoms with Gasteiger partial charge in [-0.1, -0.05) is 12.1 Å². The average Bonchev–Trinajstić information content (AvgIpc) is 3.00. The van der Waals surface area contributed by atoms with E-state index in [1.807, 2.05) is 0 Å². The van der Waals surface area contributed by atoms with Gasteiger partial charge in [-0.05, 0) is 17.7 Å². The minimum absolute atomic E-state index is 0.0583. The molecule has 1 aliphatic rings. The molecule has 1 aromatic rings. The number of nitrogens with one attached hydrogen (secondary N) is 1. The van der Waals surface area contributed by atoms with Gasteiger partial charge in [0.15, 0.2) is 0 Å². The van der Waals surface area contributed by atoms with Crippen LogP contribution in [0.5, 0.6) is 0 Å². The zero-order chi connectivity index (χ0) is 14.4. The summed E-state index contributed by atoms with van der Waals surface area (Å²) in [6, 6.07) is 7.02. The van der Waals surface area contributed by atoms with E-state index in [1.165, 1.54) is 4.90 Å². The Bertz CT molecular complexity index is 469. The van der Waals surface area contributed by atoms with Gasteiger partial charge in [0.2, 0.25) is 5.91 Å². The van der Waals surface area contributed by atoms with Gasteiger partial charge >= 0.3 is 6.09 Å². The fourth-order valence-electron chi connectivity index (χ4n) is 1.69. The van der Waals surface area contributed by atoms with Crippen LogP contribution in [0, 0.1) is 0 Å². The zero-order valence-electron chi connectivity index (χ0n) is 11.0. The van der Waals surface area contributed by atoms with Gasteiger partial charge in [0.1, 0.15) is 13.3 Å². The Morgan fingerprint density at radius 3 is 2.70 bits per heavy atom. The summed E-state index contributed by atoms with van der Waals surface area (Å²) in [5.41, 5.74) is 6.70. The van der Waals surface area contributed by atoms with Crippen molar-refractivity contribution >= 4 is 17.7 Å². The number of amides is 2. The van der Waals surface area contributed by atoms with Crippen molar-refractivity contribution in [2.75, 3.05) is 31.7 Å². The number of hydrogen-bond donors (Lipinski definition) is 2. The molecule has 2 amide bonds. The first-order valence-corrected chi connectivity index (χ1v) is 6.27. The van der Waals surface area contributed by atoms with Gasteiger partial charge in [0.25, 0.3) is 0 Å². The summed E-state index contributed by atoms with van der Waals surface area (Å²) >= 11 is 0. The van der Waals surface area contributed by atoms with Crippen LogP contribution < -0.4 is 11.1 Å². The second-order valence-corrected chi connectivity index (χ2v) is 4.30. The first kappa shape index (κ1) is 14.3. The Labute approximate surface area is 116 Å². The minimum Gasteiger partial charge on any atom is -0.444 e. The second kappa shape index (κ2) is 6.88. The Morgan fingerprint density at radius 1 is 1.35 bits per heavy atom. The highest BCUT2D eigenvalue weighted by Crippen LogP contribution is 2.11. The summed E-state index contributed by atoms with van der Waals surface area (Å²) in [7, 11) is 0. The summed E-state index contributed by atoms with van der Waals surface area (Å²) in [5.74, 6) is -0.252. The number of ether oxygens (including phenoxy) is 2. The van der Waals surface area contributed by atoms with Gasteiger partial charge in [-0.2, -0.15) is 0 Å². The van der Waals surface area contributed by atoms with Crippen LogP contribution >= 0.6 is 0 Å². The molecule has 108 valence electrons. The standard InChI is InChI=1S/C13H17N3O4/c14-7-12(17)15-11-3-1-10(2-4-11)8-20-13(18)16-5-6-19-9-16/h1-4H,5-9,14H2,(H,15,17). The normalized spacial score (nSPS) is 14.2. The smallest absolute Gasteiger partial charge is 0.412 e. The van der Waals surface area contributed by atoms with Crippen molar-refractivity contribution in [1.82, 2.24) is 4.90 Å². The van der Waals surface area contributed by atoms with Gasteiger partial charge in [-0.15, -0.1) is 0 Å². The van der Waals surface area contributed by atoms with Crippen molar-refractivity contribution in [2.45, 2.75) is 6.61 Å². The van der Waals surface area contributed by atoms with E-state index >= 15 is 0 Å². The monoisotopic (exact) mass is 279 g/mol. The molecule has 1 saturated heterocycles. The van der Waals surface area contributed by atoms with Gasteiger partial charge in [-0.25, -0.2) is 4.79 Å². The zero-order valence-corrected chi connectivity index (χ0v) is 11.0. The van der Waals surface area contributed by atoms with E-state index in [9.17, 15) is 9.59 Å². The fourth-order valence-corrected chi connectivity index (χ4v) is 1.69. The number of benzene rings is 1. The molecule has 1 heterocycles. The van der Waals surface area contributed by atoms with E-state index in [1.54, 1.807) is 24.3 Å². The van der Waals surface area contributed by atoms with Crippen molar-refractivity contribution in [3.63, 3.8) is 0 Å². The van der Waals surface area contributed by atoms with Gasteiger partial charge < -0.3 is 20.5 Å². The van der Waals surface area contributed by atoms with E-state index in [0.717, 1.165) is 5.56 Å². The Balaban J connectivity index is 1.81. The van der Waals surface area contributed by atoms with Crippen molar-refractivity contribution in [2.24, 2.45) is 5.73 Å². The van der Waals surface area contributed by atoms with Crippen LogP contribution in [0.1, 0.15) is 5.56 Å². The highest BCUT2D eigenvalue weighted by molar-refractivity contribution is 5.92. The lowest BCUT2D eigenvalue weighted by molar-refractivity contribution is -0.114. The number of hydrogen-bond acceptors (Lipinski definition) is 5. The molecule has 0 aromatic heterocycles. The van der Waals surface area contributed by atoms with Crippen molar-refractivity contribution < 1.29 is 19.1 Å². The van der Waals surface area contributed by atoms with Crippen molar-refractivity contribution in [3.8, 4) is 0 Å². The van der Waals surface area contributed by atoms with Crippen LogP contribution in [-0.2, 0) is 20.9 Å². The predicted octanol–water partition coefficient (Wildman–Crippen LogP) is 0.510. The molecule has 1 aromatic carbocycles. The molecule has 0 spiro atoms. The SMILES string of the molecule is NCC(=O)Nc1ccc(COC(=O)N2CCOC2)cc1. The maximum Gasteiger partial charge on any atom is 0.412 e. The number of carbonyl (C=O) groups is 2. The maximum absolute atomic E-state index is 11.6. The van der Waals surface area contributed by atoms with E-state index in [0.29, 0.717) is 18.8 Å². The summed E-state index contributed by atoms with van der Waals surface area (Å²) in [4.78, 5) is 24.2. The molecule has 0 radical (unpaired) electrons. The van der Waals surface area contributed by atoms with E-state index in [2.05, 4.69) is 5.32 Å². The number of carbonyl (C=O) groups excluding carboxylic acids is 2. The highest BCUT2D eigenvalue weighted by Gasteiger charge is 2.19. The maximum atomic E-state index is 11.6. The summed E-state index contributed by atoms with van der Waals surface area (Å²) < 4.78 is 10.2. The third-order valence-corrected chi connectivity index (χ3v) is 2.80. The molecule has 0 atom stereocenters. The molecule has 1 aliphatic heterocycles. The van der Waals surface area contributed by atoms with Crippen molar-refractivity contribution in [3.05, 3.63) is 29.8 Å². The molecule has 0 aliphatic carbocycles. The quantitative estimate of drug-likeness (QED) is 0.837. The van der Waals surface area contributed by atoms with Gasteiger partial charge in [0.05, 0.1) is 13.2 Å². The van der Waals surface area contributed by atoms with Crippen LogP contribution in [0.2, 0.25) is 0 Å². The lowest BCUT2D eigenvalue weighted by atomic mass is 10.2. The first-order chi connectivity index (χ1) is 9.69. The van der Waals surface area contributed by atoms with Crippen LogP contribution in [0.3, 0.4) is 0 Å². The van der Waals surface area contributed by atoms with E-state index in [-0.39, 0.29) is 31.9 Å². The lowest BCUT2D eigenvalue weighted by Crippen LogP contribution is -2.28. The van der Waals surface area contributed by atoms with Crippen LogP contribution in [0.15, 0.2) is 24.3 Å². The third-order valence-electron chi connectivity index (χ3n) is 2.80.